The van der Waals surface area contributed by atoms with Crippen molar-refractivity contribution in [3.8, 4) is 0 Å². The summed E-state index contributed by atoms with van der Waals surface area (Å²) in [6.45, 7) is 5.30. The van der Waals surface area contributed by atoms with Gasteiger partial charge in [0.15, 0.2) is 0 Å². The van der Waals surface area contributed by atoms with Crippen LogP contribution < -0.4 is 0 Å². The van der Waals surface area contributed by atoms with Crippen LogP contribution in [-0.4, -0.2) is 41.1 Å². The van der Waals surface area contributed by atoms with Gasteiger partial charge in [0.05, 0.1) is 12.8 Å². The Hall–Kier alpha value is -0.710. The average molecular weight is 279 g/mol. The number of rotatable bonds is 9. The normalized spacial score (nSPS) is 18.4. The smallest absolute Gasteiger partial charge is 0.236 e. The van der Waals surface area contributed by atoms with Crippen LogP contribution in [0.3, 0.4) is 0 Å². The van der Waals surface area contributed by atoms with Crippen molar-refractivity contribution in [2.24, 2.45) is 0 Å². The van der Waals surface area contributed by atoms with Gasteiger partial charge >= 0.3 is 0 Å². The Balaban J connectivity index is 4.66. The zero-order valence-corrected chi connectivity index (χ0v) is 12.0. The molecule has 0 aliphatic carbocycles. The summed E-state index contributed by atoms with van der Waals surface area (Å²) in [6.07, 6.45) is 2.91. The van der Waals surface area contributed by atoms with Crippen molar-refractivity contribution >= 4 is 7.37 Å². The topological polar surface area (TPSA) is 89.7 Å². The molecule has 0 aromatic carbocycles. The molecule has 0 heterocycles. The molecule has 0 saturated heterocycles. The van der Waals surface area contributed by atoms with Gasteiger partial charge in [0, 0.05) is 18.0 Å². The third-order valence-electron chi connectivity index (χ3n) is 2.50. The summed E-state index contributed by atoms with van der Waals surface area (Å²) in [5, 5.41) is 20.3. The van der Waals surface area contributed by atoms with Crippen LogP contribution >= 0.6 is 7.37 Å². The minimum Gasteiger partial charge on any atom is -0.385 e. The minimum atomic E-state index is -3.04. The van der Waals surface area contributed by atoms with Crippen LogP contribution in [0.2, 0.25) is 0 Å². The molecular weight excluding hydrogens is 257 g/mol. The van der Waals surface area contributed by atoms with Crippen LogP contribution in [0.4, 0.5) is 0 Å². The van der Waals surface area contributed by atoms with Crippen molar-refractivity contribution < 1.29 is 19.1 Å². The molecule has 0 aromatic rings. The SMILES string of the molecule is C/C=C/CP(=O)(CC(O)C(C)[N+](=O)[O-])OCCC. The zero-order valence-electron chi connectivity index (χ0n) is 11.1. The quantitative estimate of drug-likeness (QED) is 0.303. The van der Waals surface area contributed by atoms with Crippen LogP contribution in [0.5, 0.6) is 0 Å². The Bertz CT molecular complexity index is 331. The molecule has 0 amide bonds. The van der Waals surface area contributed by atoms with E-state index in [-0.39, 0.29) is 12.3 Å². The fourth-order valence-electron chi connectivity index (χ4n) is 1.28. The Morgan fingerprint density at radius 2 is 2.17 bits per heavy atom. The summed E-state index contributed by atoms with van der Waals surface area (Å²) in [5.41, 5.74) is 0. The van der Waals surface area contributed by atoms with Gasteiger partial charge in [0.2, 0.25) is 13.4 Å². The molecule has 1 N–H and O–H groups in total. The summed E-state index contributed by atoms with van der Waals surface area (Å²) in [7, 11) is -3.04. The van der Waals surface area contributed by atoms with Gasteiger partial charge in [-0.2, -0.15) is 0 Å². The number of nitrogens with zero attached hydrogens (tertiary/aromatic N) is 1. The lowest BCUT2D eigenvalue weighted by Gasteiger charge is -2.20. The van der Waals surface area contributed by atoms with Crippen molar-refractivity contribution in [3.63, 3.8) is 0 Å². The summed E-state index contributed by atoms with van der Waals surface area (Å²) in [4.78, 5) is 9.98. The second-order valence-corrected chi connectivity index (χ2v) is 6.79. The molecule has 0 aliphatic heterocycles. The molecule has 6 nitrogen and oxygen atoms in total. The first kappa shape index (κ1) is 17.3. The van der Waals surface area contributed by atoms with Gasteiger partial charge in [-0.15, -0.1) is 0 Å². The van der Waals surface area contributed by atoms with Crippen LogP contribution in [0.25, 0.3) is 0 Å². The molecule has 0 saturated carbocycles. The maximum atomic E-state index is 12.4. The van der Waals surface area contributed by atoms with Crippen molar-refractivity contribution in [3.05, 3.63) is 22.3 Å². The van der Waals surface area contributed by atoms with E-state index in [1.165, 1.54) is 6.92 Å². The van der Waals surface area contributed by atoms with E-state index in [4.69, 9.17) is 4.52 Å². The van der Waals surface area contributed by atoms with E-state index in [9.17, 15) is 19.8 Å². The number of aliphatic hydroxyl groups excluding tert-OH is 1. The lowest BCUT2D eigenvalue weighted by molar-refractivity contribution is -0.528. The summed E-state index contributed by atoms with van der Waals surface area (Å²) < 4.78 is 17.7. The molecule has 0 rings (SSSR count). The summed E-state index contributed by atoms with van der Waals surface area (Å²) in [6, 6.07) is -1.14. The van der Waals surface area contributed by atoms with E-state index < -0.39 is 24.4 Å². The largest absolute Gasteiger partial charge is 0.385 e. The van der Waals surface area contributed by atoms with Crippen molar-refractivity contribution in [1.82, 2.24) is 0 Å². The second kappa shape index (κ2) is 8.40. The molecule has 0 bridgehead atoms. The summed E-state index contributed by atoms with van der Waals surface area (Å²) >= 11 is 0. The number of allylic oxidation sites excluding steroid dienone is 2. The van der Waals surface area contributed by atoms with Gasteiger partial charge in [-0.05, 0) is 13.3 Å². The fraction of sp³-hybridized carbons (Fsp3) is 0.818. The highest BCUT2D eigenvalue weighted by Crippen LogP contribution is 2.48. The molecule has 7 heteroatoms. The van der Waals surface area contributed by atoms with E-state index in [0.717, 1.165) is 0 Å². The van der Waals surface area contributed by atoms with Gasteiger partial charge < -0.3 is 9.63 Å². The number of nitro groups is 1. The highest BCUT2D eigenvalue weighted by atomic mass is 31.2. The van der Waals surface area contributed by atoms with E-state index >= 15 is 0 Å². The standard InChI is InChI=1S/C11H22NO5P/c1-4-6-8-18(16,17-7-5-2)9-11(13)10(3)12(14)15/h4,6,10-11,13H,5,7-9H2,1-3H3/b6-4+. The van der Waals surface area contributed by atoms with Gasteiger partial charge in [0.25, 0.3) is 0 Å². The Morgan fingerprint density at radius 1 is 1.56 bits per heavy atom. The first-order valence-electron chi connectivity index (χ1n) is 6.01. The predicted octanol–water partition coefficient (Wildman–Crippen LogP) is 2.29. The molecule has 0 aliphatic rings. The van der Waals surface area contributed by atoms with Gasteiger partial charge in [-0.25, -0.2) is 0 Å². The number of hydrogen-bond donors (Lipinski definition) is 1. The Morgan fingerprint density at radius 3 is 2.61 bits per heavy atom. The monoisotopic (exact) mass is 279 g/mol. The van der Waals surface area contributed by atoms with Gasteiger partial charge in [0.1, 0.15) is 6.10 Å². The average Bonchev–Trinajstić information content (AvgIpc) is 2.32. The molecule has 3 unspecified atom stereocenters. The highest BCUT2D eigenvalue weighted by Gasteiger charge is 2.33. The van der Waals surface area contributed by atoms with Crippen molar-refractivity contribution in [2.45, 2.75) is 39.3 Å². The maximum absolute atomic E-state index is 12.4. The van der Waals surface area contributed by atoms with Crippen LogP contribution in [0.15, 0.2) is 12.2 Å². The minimum absolute atomic E-state index is 0.181. The molecule has 18 heavy (non-hydrogen) atoms. The molecule has 0 spiro atoms. The van der Waals surface area contributed by atoms with E-state index in [2.05, 4.69) is 0 Å². The third kappa shape index (κ3) is 6.28. The summed E-state index contributed by atoms with van der Waals surface area (Å²) in [5.74, 6) is 0. The van der Waals surface area contributed by atoms with Crippen LogP contribution in [-0.2, 0) is 9.09 Å². The van der Waals surface area contributed by atoms with E-state index in [1.54, 1.807) is 19.1 Å². The first-order chi connectivity index (χ1) is 8.36. The lowest BCUT2D eigenvalue weighted by Crippen LogP contribution is -2.33. The molecule has 0 aromatic heterocycles. The molecule has 3 atom stereocenters. The van der Waals surface area contributed by atoms with Crippen LogP contribution in [0.1, 0.15) is 27.2 Å². The number of hydrogen-bond acceptors (Lipinski definition) is 5. The van der Waals surface area contributed by atoms with Crippen molar-refractivity contribution in [1.29, 1.82) is 0 Å². The highest BCUT2D eigenvalue weighted by molar-refractivity contribution is 7.59. The van der Waals surface area contributed by atoms with E-state index in [1.807, 2.05) is 6.92 Å². The first-order valence-corrected chi connectivity index (χ1v) is 8.01. The lowest BCUT2D eigenvalue weighted by atomic mass is 10.2. The maximum Gasteiger partial charge on any atom is 0.236 e. The van der Waals surface area contributed by atoms with E-state index in [0.29, 0.717) is 13.0 Å². The Labute approximate surface area is 108 Å². The Kier molecular flexibility index (Phi) is 8.07. The molecular formula is C11H22NO5P. The molecule has 0 fully saturated rings. The van der Waals surface area contributed by atoms with Gasteiger partial charge in [-0.3, -0.25) is 14.7 Å². The van der Waals surface area contributed by atoms with Gasteiger partial charge in [-0.1, -0.05) is 19.1 Å². The van der Waals surface area contributed by atoms with Crippen molar-refractivity contribution in [2.75, 3.05) is 18.9 Å². The third-order valence-corrected chi connectivity index (χ3v) is 4.86. The predicted molar refractivity (Wildman–Crippen MR) is 70.9 cm³/mol. The molecule has 106 valence electrons. The van der Waals surface area contributed by atoms with Crippen LogP contribution in [0, 0.1) is 10.1 Å². The number of aliphatic hydroxyl groups is 1. The fourth-order valence-corrected chi connectivity index (χ4v) is 3.56. The second-order valence-electron chi connectivity index (χ2n) is 4.18. The molecule has 0 radical (unpaired) electrons. The zero-order chi connectivity index (χ0) is 14.2.